The lowest BCUT2D eigenvalue weighted by molar-refractivity contribution is 1.10. The van der Waals surface area contributed by atoms with Crippen molar-refractivity contribution in [3.8, 4) is 0 Å². The third-order valence-electron chi connectivity index (χ3n) is 2.79. The van der Waals surface area contributed by atoms with Gasteiger partial charge in [0.05, 0.1) is 5.39 Å². The Morgan fingerprint density at radius 2 is 2.26 bits per heavy atom. The fraction of sp³-hybridized carbons (Fsp3) is 0.231. The highest BCUT2D eigenvalue weighted by molar-refractivity contribution is 7.19. The summed E-state index contributed by atoms with van der Waals surface area (Å²) in [5.41, 5.74) is 7.42. The second kappa shape index (κ2) is 5.27. The Kier molecular flexibility index (Phi) is 3.71. The van der Waals surface area contributed by atoms with E-state index in [0.717, 1.165) is 16.0 Å². The van der Waals surface area contributed by atoms with Crippen LogP contribution in [0.5, 0.6) is 0 Å². The number of aromatic nitrogens is 2. The third kappa shape index (κ3) is 2.53. The summed E-state index contributed by atoms with van der Waals surface area (Å²) < 4.78 is 0. The van der Waals surface area contributed by atoms with Crippen molar-refractivity contribution < 1.29 is 0 Å². The van der Waals surface area contributed by atoms with Crippen LogP contribution in [0.1, 0.15) is 17.4 Å². The minimum Gasteiger partial charge on any atom is -0.394 e. The minimum atomic E-state index is -0.180. The van der Waals surface area contributed by atoms with E-state index in [1.165, 1.54) is 11.3 Å². The van der Waals surface area contributed by atoms with E-state index in [1.54, 1.807) is 0 Å². The molecule has 100 valence electrons. The van der Waals surface area contributed by atoms with Crippen molar-refractivity contribution in [2.45, 2.75) is 13.8 Å². The standard InChI is InChI=1S/C13H16N4OS/c1-7(5-4-6-15-3)10-8(2)9-11(18)16-13(14)17-12(9)19-10/h4-6,15H,1-3H3,(H3,14,16,17,18)/b6-4-,7-5+. The maximum atomic E-state index is 11.9. The summed E-state index contributed by atoms with van der Waals surface area (Å²) >= 11 is 1.48. The Morgan fingerprint density at radius 1 is 1.53 bits per heavy atom. The number of H-pyrrole nitrogens is 1. The van der Waals surface area contributed by atoms with Gasteiger partial charge in [-0.25, -0.2) is 4.98 Å². The molecule has 2 heterocycles. The summed E-state index contributed by atoms with van der Waals surface area (Å²) in [6.45, 7) is 3.94. The number of hydrogen-bond donors (Lipinski definition) is 3. The molecule has 0 radical (unpaired) electrons. The molecule has 0 saturated heterocycles. The van der Waals surface area contributed by atoms with Gasteiger partial charge in [0.25, 0.3) is 5.56 Å². The summed E-state index contributed by atoms with van der Waals surface area (Å²) in [6, 6.07) is 0. The van der Waals surface area contributed by atoms with Crippen molar-refractivity contribution in [2.75, 3.05) is 12.8 Å². The lowest BCUT2D eigenvalue weighted by Crippen LogP contribution is -2.10. The fourth-order valence-electron chi connectivity index (χ4n) is 1.90. The molecule has 5 nitrogen and oxygen atoms in total. The molecule has 0 aromatic carbocycles. The number of rotatable bonds is 3. The topological polar surface area (TPSA) is 83.8 Å². The molecule has 0 fully saturated rings. The predicted molar refractivity (Wildman–Crippen MR) is 81.2 cm³/mol. The number of aromatic amines is 1. The van der Waals surface area contributed by atoms with Crippen molar-refractivity contribution in [2.24, 2.45) is 0 Å². The van der Waals surface area contributed by atoms with Gasteiger partial charge in [0, 0.05) is 11.9 Å². The van der Waals surface area contributed by atoms with E-state index in [1.807, 2.05) is 39.2 Å². The van der Waals surface area contributed by atoms with Gasteiger partial charge in [-0.15, -0.1) is 11.3 Å². The van der Waals surface area contributed by atoms with Crippen LogP contribution >= 0.6 is 11.3 Å². The molecular formula is C13H16N4OS. The predicted octanol–water partition coefficient (Wildman–Crippen LogP) is 2.01. The first kappa shape index (κ1) is 13.4. The molecule has 0 unspecified atom stereocenters. The molecule has 2 aromatic rings. The highest BCUT2D eigenvalue weighted by atomic mass is 32.1. The van der Waals surface area contributed by atoms with Gasteiger partial charge >= 0.3 is 0 Å². The second-order valence-electron chi connectivity index (χ2n) is 4.18. The van der Waals surface area contributed by atoms with Crippen molar-refractivity contribution in [3.63, 3.8) is 0 Å². The zero-order valence-corrected chi connectivity index (χ0v) is 11.9. The summed E-state index contributed by atoms with van der Waals surface area (Å²) in [6.07, 6.45) is 5.76. The number of nitrogens with one attached hydrogen (secondary N) is 2. The van der Waals surface area contributed by atoms with Crippen LogP contribution in [-0.2, 0) is 0 Å². The summed E-state index contributed by atoms with van der Waals surface area (Å²) in [5.74, 6) is 0.155. The van der Waals surface area contributed by atoms with Crippen LogP contribution in [0.15, 0.2) is 23.1 Å². The first-order valence-electron chi connectivity index (χ1n) is 5.84. The van der Waals surface area contributed by atoms with Crippen molar-refractivity contribution in [1.82, 2.24) is 15.3 Å². The number of thiophene rings is 1. The van der Waals surface area contributed by atoms with Gasteiger partial charge in [0.2, 0.25) is 5.95 Å². The number of nitrogens with zero attached hydrogens (tertiary/aromatic N) is 1. The number of nitrogen functional groups attached to an aromatic ring is 1. The molecule has 0 saturated carbocycles. The molecule has 19 heavy (non-hydrogen) atoms. The van der Waals surface area contributed by atoms with E-state index in [2.05, 4.69) is 15.3 Å². The molecule has 0 bridgehead atoms. The highest BCUT2D eigenvalue weighted by Crippen LogP contribution is 2.32. The van der Waals surface area contributed by atoms with E-state index in [9.17, 15) is 4.79 Å². The van der Waals surface area contributed by atoms with Crippen molar-refractivity contribution in [3.05, 3.63) is 39.1 Å². The Bertz CT molecular complexity index is 724. The Balaban J connectivity index is 2.60. The quantitative estimate of drug-likeness (QED) is 0.749. The first-order valence-corrected chi connectivity index (χ1v) is 6.66. The molecule has 2 rings (SSSR count). The monoisotopic (exact) mass is 276 g/mol. The van der Waals surface area contributed by atoms with Gasteiger partial charge in [0.1, 0.15) is 4.83 Å². The molecule has 0 spiro atoms. The van der Waals surface area contributed by atoms with Gasteiger partial charge in [-0.1, -0.05) is 6.08 Å². The number of allylic oxidation sites excluding steroid dienone is 3. The molecule has 0 atom stereocenters. The largest absolute Gasteiger partial charge is 0.394 e. The van der Waals surface area contributed by atoms with Gasteiger partial charge < -0.3 is 11.1 Å². The van der Waals surface area contributed by atoms with Crippen LogP contribution in [-0.4, -0.2) is 17.0 Å². The Morgan fingerprint density at radius 3 is 2.95 bits per heavy atom. The third-order valence-corrected chi connectivity index (χ3v) is 4.11. The summed E-state index contributed by atoms with van der Waals surface area (Å²) in [7, 11) is 1.84. The summed E-state index contributed by atoms with van der Waals surface area (Å²) in [4.78, 5) is 20.4. The van der Waals surface area contributed by atoms with Crippen molar-refractivity contribution >= 4 is 33.1 Å². The SMILES string of the molecule is CN/C=C\C=C(/C)c1sc2nc(N)[nH]c(=O)c2c1C. The van der Waals surface area contributed by atoms with Crippen LogP contribution in [0.2, 0.25) is 0 Å². The minimum absolute atomic E-state index is 0.155. The van der Waals surface area contributed by atoms with E-state index in [4.69, 9.17) is 5.73 Å². The van der Waals surface area contributed by atoms with E-state index >= 15 is 0 Å². The van der Waals surface area contributed by atoms with Crippen LogP contribution in [0.25, 0.3) is 15.8 Å². The normalized spacial score (nSPS) is 12.5. The maximum absolute atomic E-state index is 11.9. The van der Waals surface area contributed by atoms with Gasteiger partial charge in [0.15, 0.2) is 0 Å². The average molecular weight is 276 g/mol. The van der Waals surface area contributed by atoms with Gasteiger partial charge in [-0.3, -0.25) is 9.78 Å². The number of hydrogen-bond acceptors (Lipinski definition) is 5. The highest BCUT2D eigenvalue weighted by Gasteiger charge is 2.14. The van der Waals surface area contributed by atoms with Crippen LogP contribution in [0.4, 0.5) is 5.95 Å². The second-order valence-corrected chi connectivity index (χ2v) is 5.18. The molecule has 2 aromatic heterocycles. The lowest BCUT2D eigenvalue weighted by atomic mass is 10.1. The molecule has 4 N–H and O–H groups in total. The Hall–Kier alpha value is -2.08. The number of nitrogens with two attached hydrogens (primary N) is 1. The van der Waals surface area contributed by atoms with Crippen LogP contribution < -0.4 is 16.6 Å². The zero-order valence-electron chi connectivity index (χ0n) is 11.1. The van der Waals surface area contributed by atoms with Crippen LogP contribution in [0.3, 0.4) is 0 Å². The number of anilines is 1. The average Bonchev–Trinajstić information content (AvgIpc) is 2.66. The van der Waals surface area contributed by atoms with Gasteiger partial charge in [-0.05, 0) is 37.3 Å². The Labute approximate surface area is 114 Å². The lowest BCUT2D eigenvalue weighted by Gasteiger charge is -1.97. The molecule has 6 heteroatoms. The molecular weight excluding hydrogens is 260 g/mol. The zero-order chi connectivity index (χ0) is 14.0. The van der Waals surface area contributed by atoms with E-state index in [-0.39, 0.29) is 11.5 Å². The summed E-state index contributed by atoms with van der Waals surface area (Å²) in [5, 5.41) is 3.55. The maximum Gasteiger partial charge on any atom is 0.261 e. The van der Waals surface area contributed by atoms with Crippen LogP contribution in [0, 0.1) is 6.92 Å². The molecule has 0 aliphatic carbocycles. The van der Waals surface area contributed by atoms with Crippen molar-refractivity contribution in [1.29, 1.82) is 0 Å². The first-order chi connectivity index (χ1) is 9.04. The van der Waals surface area contributed by atoms with E-state index < -0.39 is 0 Å². The fourth-order valence-corrected chi connectivity index (χ4v) is 3.07. The van der Waals surface area contributed by atoms with E-state index in [0.29, 0.717) is 10.2 Å². The van der Waals surface area contributed by atoms with Gasteiger partial charge in [-0.2, -0.15) is 0 Å². The molecule has 0 aliphatic rings. The molecule has 0 amide bonds. The smallest absolute Gasteiger partial charge is 0.261 e. The number of fused-ring (bicyclic) bond motifs is 1. The molecule has 0 aliphatic heterocycles. The number of aryl methyl sites for hydroxylation is 1.